The molecule has 3 aromatic rings. The topological polar surface area (TPSA) is 104 Å². The van der Waals surface area contributed by atoms with Crippen LogP contribution >= 0.6 is 22.9 Å². The largest absolute Gasteiger partial charge is 0.383 e. The van der Waals surface area contributed by atoms with Crippen LogP contribution in [-0.2, 0) is 5.54 Å². The van der Waals surface area contributed by atoms with Gasteiger partial charge in [0.15, 0.2) is 0 Å². The van der Waals surface area contributed by atoms with E-state index in [-0.39, 0.29) is 5.41 Å². The summed E-state index contributed by atoms with van der Waals surface area (Å²) in [5.74, 6) is 0. The maximum absolute atomic E-state index is 13.7. The second-order valence-electron chi connectivity index (χ2n) is 10.9. The highest BCUT2D eigenvalue weighted by atomic mass is 35.5. The molecule has 0 amide bonds. The molecule has 12 heteroatoms. The van der Waals surface area contributed by atoms with Crippen LogP contribution in [0.5, 0.6) is 0 Å². The molecule has 206 valence electrons. The molecule has 2 heterocycles. The minimum atomic E-state index is -2.53. The number of aromatic nitrogens is 4. The first-order valence-corrected chi connectivity index (χ1v) is 13.7. The Morgan fingerprint density at radius 2 is 2.08 bits per heavy atom. The number of nitrogens with one attached hydrogen (secondary N) is 2. The molecule has 1 aliphatic carbocycles. The third-order valence-corrected chi connectivity index (χ3v) is 7.69. The fraction of sp³-hybridized carbons (Fsp3) is 0.444. The zero-order chi connectivity index (χ0) is 28.5. The van der Waals surface area contributed by atoms with Gasteiger partial charge in [0.1, 0.15) is 17.3 Å². The number of thiazole rings is 1. The molecule has 0 spiro atoms. The standard InChI is InChI=1S/C27H31ClF2N8S/c1-15(11-31)21(33-13-26(3,4)5)18-9-17(10-19(28)23(18)32-6)35-24(22-16(2)39-14-34-22)20-12-38(37-36-20)27(7-8-27)25(29)30/h9-10,12,14,24-25,33,35H,6-8,13H2,1-5H3/b21-15-/t24-/m1/s1. The minimum absolute atomic E-state index is 0.0569. The van der Waals surface area contributed by atoms with Crippen molar-refractivity contribution >= 4 is 46.7 Å². The van der Waals surface area contributed by atoms with Crippen LogP contribution in [0.4, 0.5) is 20.2 Å². The van der Waals surface area contributed by atoms with Crippen LogP contribution in [0.25, 0.3) is 5.70 Å². The predicted molar refractivity (Wildman–Crippen MR) is 152 cm³/mol. The highest BCUT2D eigenvalue weighted by molar-refractivity contribution is 7.09. The molecule has 0 unspecified atom stereocenters. The van der Waals surface area contributed by atoms with E-state index in [9.17, 15) is 14.0 Å². The molecule has 0 saturated heterocycles. The molecule has 0 radical (unpaired) electrons. The molecule has 39 heavy (non-hydrogen) atoms. The van der Waals surface area contributed by atoms with Crippen molar-refractivity contribution in [3.8, 4) is 6.07 Å². The highest BCUT2D eigenvalue weighted by Gasteiger charge is 2.54. The molecule has 2 aromatic heterocycles. The summed E-state index contributed by atoms with van der Waals surface area (Å²) < 4.78 is 28.8. The van der Waals surface area contributed by atoms with E-state index in [0.29, 0.717) is 64.0 Å². The molecule has 0 aliphatic heterocycles. The van der Waals surface area contributed by atoms with Crippen LogP contribution in [0.1, 0.15) is 68.4 Å². The van der Waals surface area contributed by atoms with E-state index in [0.717, 1.165) is 4.88 Å². The number of hydrogen-bond donors (Lipinski definition) is 2. The summed E-state index contributed by atoms with van der Waals surface area (Å²) >= 11 is 8.15. The van der Waals surface area contributed by atoms with E-state index >= 15 is 0 Å². The van der Waals surface area contributed by atoms with E-state index in [1.165, 1.54) is 16.0 Å². The maximum atomic E-state index is 13.7. The van der Waals surface area contributed by atoms with Gasteiger partial charge >= 0.3 is 0 Å². The normalized spacial score (nSPS) is 15.9. The number of nitrogens with zero attached hydrogens (tertiary/aromatic N) is 6. The number of benzene rings is 1. The lowest BCUT2D eigenvalue weighted by Gasteiger charge is -2.24. The maximum Gasteiger partial charge on any atom is 0.263 e. The smallest absolute Gasteiger partial charge is 0.263 e. The van der Waals surface area contributed by atoms with Gasteiger partial charge in [0.25, 0.3) is 6.43 Å². The zero-order valence-corrected chi connectivity index (χ0v) is 24.1. The van der Waals surface area contributed by atoms with Gasteiger partial charge in [-0.1, -0.05) is 37.6 Å². The van der Waals surface area contributed by atoms with Gasteiger partial charge < -0.3 is 10.6 Å². The third kappa shape index (κ3) is 5.97. The van der Waals surface area contributed by atoms with Crippen LogP contribution in [0.3, 0.4) is 0 Å². The van der Waals surface area contributed by atoms with Crippen LogP contribution < -0.4 is 10.6 Å². The van der Waals surface area contributed by atoms with Crippen LogP contribution in [0, 0.1) is 23.7 Å². The second kappa shape index (κ2) is 11.0. The molecule has 1 aromatic carbocycles. The SMILES string of the molecule is C=Nc1c(Cl)cc(N[C@H](c2cn(C3(C(F)F)CC3)nn2)c2ncsc2C)cc1/C(NCC(C)(C)C)=C(\C)C#N. The number of alkyl halides is 2. The van der Waals surface area contributed by atoms with Crippen molar-refractivity contribution in [3.63, 3.8) is 0 Å². The summed E-state index contributed by atoms with van der Waals surface area (Å²) in [6.07, 6.45) is -0.265. The van der Waals surface area contributed by atoms with Crippen molar-refractivity contribution in [1.82, 2.24) is 25.3 Å². The van der Waals surface area contributed by atoms with Gasteiger partial charge in [-0.3, -0.25) is 4.99 Å². The summed E-state index contributed by atoms with van der Waals surface area (Å²) in [7, 11) is 0. The van der Waals surface area contributed by atoms with E-state index < -0.39 is 18.0 Å². The number of anilines is 1. The first-order chi connectivity index (χ1) is 18.4. The van der Waals surface area contributed by atoms with Gasteiger partial charge in [0, 0.05) is 22.7 Å². The summed E-state index contributed by atoms with van der Waals surface area (Å²) in [4.78, 5) is 9.62. The van der Waals surface area contributed by atoms with E-state index in [1.807, 2.05) is 13.0 Å². The fourth-order valence-electron chi connectivity index (χ4n) is 4.22. The Balaban J connectivity index is 1.78. The van der Waals surface area contributed by atoms with Crippen LogP contribution in [0.15, 0.2) is 34.4 Å². The summed E-state index contributed by atoms with van der Waals surface area (Å²) in [5.41, 5.74) is 4.23. The molecule has 4 rings (SSSR count). The number of halogens is 3. The van der Waals surface area contributed by atoms with E-state index in [1.54, 1.807) is 24.7 Å². The zero-order valence-electron chi connectivity index (χ0n) is 22.5. The first kappa shape index (κ1) is 28.6. The van der Waals surface area contributed by atoms with Crippen molar-refractivity contribution in [3.05, 3.63) is 56.3 Å². The summed E-state index contributed by atoms with van der Waals surface area (Å²) in [6.45, 7) is 14.2. The summed E-state index contributed by atoms with van der Waals surface area (Å²) in [5, 5.41) is 25.2. The highest BCUT2D eigenvalue weighted by Crippen LogP contribution is 2.48. The molecule has 1 atom stereocenters. The van der Waals surface area contributed by atoms with E-state index in [4.69, 9.17) is 11.6 Å². The van der Waals surface area contributed by atoms with Gasteiger partial charge in [-0.2, -0.15) is 5.26 Å². The van der Waals surface area contributed by atoms with Gasteiger partial charge in [0.05, 0.1) is 45.5 Å². The number of aryl methyl sites for hydroxylation is 1. The van der Waals surface area contributed by atoms with Gasteiger partial charge in [-0.05, 0) is 51.0 Å². The Morgan fingerprint density at radius 1 is 1.36 bits per heavy atom. The molecule has 0 bridgehead atoms. The first-order valence-electron chi connectivity index (χ1n) is 12.4. The molecule has 1 aliphatic rings. The van der Waals surface area contributed by atoms with Crippen molar-refractivity contribution in [2.75, 3.05) is 11.9 Å². The third-order valence-electron chi connectivity index (χ3n) is 6.63. The van der Waals surface area contributed by atoms with Crippen molar-refractivity contribution in [1.29, 1.82) is 5.26 Å². The molecule has 2 N–H and O–H groups in total. The monoisotopic (exact) mass is 572 g/mol. The quantitative estimate of drug-likeness (QED) is 0.203. The average Bonchev–Trinajstić information content (AvgIpc) is 3.35. The molecular weight excluding hydrogens is 542 g/mol. The Kier molecular flexibility index (Phi) is 8.09. The molecular formula is C27H31ClF2N8S. The number of nitriles is 1. The number of aliphatic imine (C=N–C) groups is 1. The van der Waals surface area contributed by atoms with E-state index in [2.05, 4.69) is 64.5 Å². The van der Waals surface area contributed by atoms with Crippen LogP contribution in [0.2, 0.25) is 5.02 Å². The lowest BCUT2D eigenvalue weighted by atomic mass is 9.95. The fourth-order valence-corrected chi connectivity index (χ4v) is 5.11. The van der Waals surface area contributed by atoms with Crippen molar-refractivity contribution < 1.29 is 8.78 Å². The van der Waals surface area contributed by atoms with Crippen molar-refractivity contribution in [2.24, 2.45) is 10.4 Å². The van der Waals surface area contributed by atoms with Gasteiger partial charge in [-0.25, -0.2) is 18.4 Å². The number of rotatable bonds is 10. The average molecular weight is 573 g/mol. The Morgan fingerprint density at radius 3 is 2.62 bits per heavy atom. The molecule has 1 fully saturated rings. The number of allylic oxidation sites excluding steroid dienone is 1. The lowest BCUT2D eigenvalue weighted by molar-refractivity contribution is 0.0593. The Bertz CT molecular complexity index is 1440. The molecule has 8 nitrogen and oxygen atoms in total. The molecule has 1 saturated carbocycles. The van der Waals surface area contributed by atoms with Crippen LogP contribution in [-0.4, -0.2) is 39.7 Å². The number of hydrogen-bond acceptors (Lipinski definition) is 8. The second-order valence-corrected chi connectivity index (χ2v) is 12.4. The lowest BCUT2D eigenvalue weighted by Crippen LogP contribution is -2.26. The summed E-state index contributed by atoms with van der Waals surface area (Å²) in [6, 6.07) is 5.18. The van der Waals surface area contributed by atoms with Gasteiger partial charge in [0.2, 0.25) is 0 Å². The Hall–Kier alpha value is -3.36. The minimum Gasteiger partial charge on any atom is -0.383 e. The van der Waals surface area contributed by atoms with Crippen molar-refractivity contribution in [2.45, 2.75) is 65.5 Å². The Labute approximate surface area is 235 Å². The predicted octanol–water partition coefficient (Wildman–Crippen LogP) is 6.87. The van der Waals surface area contributed by atoms with Gasteiger partial charge in [-0.15, -0.1) is 16.4 Å².